The van der Waals surface area contributed by atoms with Gasteiger partial charge in [0.1, 0.15) is 5.82 Å². The van der Waals surface area contributed by atoms with Crippen LogP contribution in [-0.2, 0) is 6.42 Å². The standard InChI is InChI=1S/C15H19FN2S/c1-4-17-14(8-15-18-11(3)9-19-15)12-5-6-13(16)10(2)7-12/h5-7,9,14,17H,4,8H2,1-3H3. The molecule has 19 heavy (non-hydrogen) atoms. The highest BCUT2D eigenvalue weighted by Gasteiger charge is 2.14. The smallest absolute Gasteiger partial charge is 0.126 e. The summed E-state index contributed by atoms with van der Waals surface area (Å²) in [6, 6.07) is 5.51. The normalized spacial score (nSPS) is 12.6. The van der Waals surface area contributed by atoms with Gasteiger partial charge in [-0.05, 0) is 37.6 Å². The predicted octanol–water partition coefficient (Wildman–Crippen LogP) is 3.79. The van der Waals surface area contributed by atoms with Crippen molar-refractivity contribution in [3.8, 4) is 0 Å². The number of aryl methyl sites for hydroxylation is 2. The van der Waals surface area contributed by atoms with E-state index in [2.05, 4.69) is 22.6 Å². The lowest BCUT2D eigenvalue weighted by Gasteiger charge is -2.18. The summed E-state index contributed by atoms with van der Waals surface area (Å²) in [5, 5.41) is 6.63. The Morgan fingerprint density at radius 2 is 2.16 bits per heavy atom. The van der Waals surface area contributed by atoms with E-state index in [1.165, 1.54) is 0 Å². The van der Waals surface area contributed by atoms with Crippen molar-refractivity contribution in [2.24, 2.45) is 0 Å². The summed E-state index contributed by atoms with van der Waals surface area (Å²) in [5.74, 6) is -0.149. The highest BCUT2D eigenvalue weighted by Crippen LogP contribution is 2.22. The summed E-state index contributed by atoms with van der Waals surface area (Å²) in [6.07, 6.45) is 0.845. The molecule has 0 radical (unpaired) electrons. The number of nitrogens with one attached hydrogen (secondary N) is 1. The van der Waals surface area contributed by atoms with Crippen LogP contribution in [0.3, 0.4) is 0 Å². The van der Waals surface area contributed by atoms with E-state index in [1.807, 2.05) is 19.1 Å². The molecule has 2 nitrogen and oxygen atoms in total. The minimum atomic E-state index is -0.149. The fraction of sp³-hybridized carbons (Fsp3) is 0.400. The van der Waals surface area contributed by atoms with E-state index in [0.29, 0.717) is 5.56 Å². The second-order valence-electron chi connectivity index (χ2n) is 4.71. The monoisotopic (exact) mass is 278 g/mol. The highest BCUT2D eigenvalue weighted by atomic mass is 32.1. The van der Waals surface area contributed by atoms with Crippen molar-refractivity contribution in [1.29, 1.82) is 0 Å². The van der Waals surface area contributed by atoms with Gasteiger partial charge in [-0.1, -0.05) is 19.1 Å². The first-order valence-corrected chi connectivity index (χ1v) is 7.38. The fourth-order valence-corrected chi connectivity index (χ4v) is 2.93. The number of rotatable bonds is 5. The fourth-order valence-electron chi connectivity index (χ4n) is 2.11. The van der Waals surface area contributed by atoms with Gasteiger partial charge in [0.15, 0.2) is 0 Å². The number of hydrogen-bond donors (Lipinski definition) is 1. The van der Waals surface area contributed by atoms with Gasteiger partial charge in [0, 0.05) is 23.5 Å². The van der Waals surface area contributed by atoms with Crippen molar-refractivity contribution in [2.75, 3.05) is 6.54 Å². The maximum absolute atomic E-state index is 13.3. The Kier molecular flexibility index (Phi) is 4.66. The third kappa shape index (κ3) is 3.61. The van der Waals surface area contributed by atoms with Crippen LogP contribution < -0.4 is 5.32 Å². The zero-order valence-corrected chi connectivity index (χ0v) is 12.4. The van der Waals surface area contributed by atoms with Gasteiger partial charge in [0.25, 0.3) is 0 Å². The van der Waals surface area contributed by atoms with Gasteiger partial charge >= 0.3 is 0 Å². The number of thiazole rings is 1. The van der Waals surface area contributed by atoms with E-state index in [0.717, 1.165) is 29.2 Å². The molecule has 1 N–H and O–H groups in total. The minimum Gasteiger partial charge on any atom is -0.310 e. The van der Waals surface area contributed by atoms with E-state index in [1.54, 1.807) is 24.3 Å². The zero-order valence-electron chi connectivity index (χ0n) is 11.5. The summed E-state index contributed by atoms with van der Waals surface area (Å²) >= 11 is 1.68. The van der Waals surface area contributed by atoms with Gasteiger partial charge in [-0.25, -0.2) is 9.37 Å². The topological polar surface area (TPSA) is 24.9 Å². The van der Waals surface area contributed by atoms with Gasteiger partial charge in [-0.2, -0.15) is 0 Å². The zero-order chi connectivity index (χ0) is 13.8. The molecular weight excluding hydrogens is 259 g/mol. The summed E-state index contributed by atoms with van der Waals surface area (Å²) < 4.78 is 13.3. The van der Waals surface area contributed by atoms with Gasteiger partial charge in [0.2, 0.25) is 0 Å². The number of halogens is 1. The quantitative estimate of drug-likeness (QED) is 0.900. The largest absolute Gasteiger partial charge is 0.310 e. The second kappa shape index (κ2) is 6.26. The molecule has 102 valence electrons. The molecule has 1 unspecified atom stereocenters. The molecule has 0 spiro atoms. The third-order valence-corrected chi connectivity index (χ3v) is 4.07. The first-order valence-electron chi connectivity index (χ1n) is 6.50. The van der Waals surface area contributed by atoms with E-state index in [4.69, 9.17) is 0 Å². The van der Waals surface area contributed by atoms with Crippen LogP contribution in [0.1, 0.15) is 34.8 Å². The van der Waals surface area contributed by atoms with Crippen LogP contribution in [0.25, 0.3) is 0 Å². The molecule has 1 heterocycles. The molecule has 0 saturated heterocycles. The van der Waals surface area contributed by atoms with Crippen molar-refractivity contribution in [1.82, 2.24) is 10.3 Å². The van der Waals surface area contributed by atoms with E-state index < -0.39 is 0 Å². The molecular formula is C15H19FN2S. The maximum Gasteiger partial charge on any atom is 0.126 e. The van der Waals surface area contributed by atoms with Gasteiger partial charge in [0.05, 0.1) is 5.01 Å². The molecule has 0 aliphatic carbocycles. The molecule has 0 fully saturated rings. The molecule has 0 amide bonds. The molecule has 2 rings (SSSR count). The molecule has 0 aliphatic heterocycles. The molecule has 4 heteroatoms. The van der Waals surface area contributed by atoms with Crippen LogP contribution in [0.2, 0.25) is 0 Å². The molecule has 1 aromatic carbocycles. The highest BCUT2D eigenvalue weighted by molar-refractivity contribution is 7.09. The molecule has 2 aromatic rings. The Hall–Kier alpha value is -1.26. The van der Waals surface area contributed by atoms with Crippen LogP contribution in [0.5, 0.6) is 0 Å². The summed E-state index contributed by atoms with van der Waals surface area (Å²) in [6.45, 7) is 6.77. The van der Waals surface area contributed by atoms with Crippen LogP contribution in [-0.4, -0.2) is 11.5 Å². The van der Waals surface area contributed by atoms with Crippen molar-refractivity contribution in [3.63, 3.8) is 0 Å². The summed E-state index contributed by atoms with van der Waals surface area (Å²) in [7, 11) is 0. The summed E-state index contributed by atoms with van der Waals surface area (Å²) in [5.41, 5.74) is 2.87. The van der Waals surface area contributed by atoms with Gasteiger partial charge < -0.3 is 5.32 Å². The van der Waals surface area contributed by atoms with Crippen molar-refractivity contribution in [3.05, 3.63) is 51.2 Å². The number of nitrogens with zero attached hydrogens (tertiary/aromatic N) is 1. The molecule has 0 saturated carbocycles. The Balaban J connectivity index is 2.21. The van der Waals surface area contributed by atoms with Crippen LogP contribution in [0, 0.1) is 19.7 Å². The average molecular weight is 278 g/mol. The molecule has 0 aliphatic rings. The predicted molar refractivity (Wildman–Crippen MR) is 78.1 cm³/mol. The van der Waals surface area contributed by atoms with Crippen LogP contribution >= 0.6 is 11.3 Å². The molecule has 1 aromatic heterocycles. The number of likely N-dealkylation sites (N-methyl/N-ethyl adjacent to an activating group) is 1. The summed E-state index contributed by atoms with van der Waals surface area (Å²) in [4.78, 5) is 4.50. The van der Waals surface area contributed by atoms with Crippen molar-refractivity contribution < 1.29 is 4.39 Å². The van der Waals surface area contributed by atoms with Crippen LogP contribution in [0.4, 0.5) is 4.39 Å². The minimum absolute atomic E-state index is 0.149. The Bertz CT molecular complexity index is 551. The van der Waals surface area contributed by atoms with Crippen LogP contribution in [0.15, 0.2) is 23.6 Å². The molecule has 1 atom stereocenters. The number of aromatic nitrogens is 1. The Morgan fingerprint density at radius 1 is 1.37 bits per heavy atom. The van der Waals surface area contributed by atoms with E-state index in [9.17, 15) is 4.39 Å². The van der Waals surface area contributed by atoms with E-state index in [-0.39, 0.29) is 11.9 Å². The third-order valence-electron chi connectivity index (χ3n) is 3.08. The second-order valence-corrected chi connectivity index (χ2v) is 5.65. The first kappa shape index (κ1) is 14.2. The number of benzene rings is 1. The van der Waals surface area contributed by atoms with Crippen molar-refractivity contribution >= 4 is 11.3 Å². The lowest BCUT2D eigenvalue weighted by atomic mass is 10.0. The average Bonchev–Trinajstić information content (AvgIpc) is 2.78. The first-order chi connectivity index (χ1) is 9.10. The lowest BCUT2D eigenvalue weighted by Crippen LogP contribution is -2.23. The Labute approximate surface area is 117 Å². The molecule has 0 bridgehead atoms. The van der Waals surface area contributed by atoms with Crippen molar-refractivity contribution in [2.45, 2.75) is 33.2 Å². The van der Waals surface area contributed by atoms with Gasteiger partial charge in [-0.15, -0.1) is 11.3 Å². The SMILES string of the molecule is CCNC(Cc1nc(C)cs1)c1ccc(F)c(C)c1. The van der Waals surface area contributed by atoms with Gasteiger partial charge in [-0.3, -0.25) is 0 Å². The number of hydrogen-bond acceptors (Lipinski definition) is 3. The maximum atomic E-state index is 13.3. The lowest BCUT2D eigenvalue weighted by molar-refractivity contribution is 0.545. The van der Waals surface area contributed by atoms with E-state index >= 15 is 0 Å². The Morgan fingerprint density at radius 3 is 2.74 bits per heavy atom.